The summed E-state index contributed by atoms with van der Waals surface area (Å²) < 4.78 is -0.927. The third-order valence-corrected chi connectivity index (χ3v) is 5.54. The molecule has 1 N–H and O–H groups in total. The normalized spacial score (nSPS) is 21.0. The highest BCUT2D eigenvalue weighted by atomic mass is 35.5. The first kappa shape index (κ1) is 17.0. The van der Waals surface area contributed by atoms with Crippen molar-refractivity contribution >= 4 is 46.2 Å². The molecule has 1 aliphatic carbocycles. The lowest BCUT2D eigenvalue weighted by Crippen LogP contribution is -2.23. The summed E-state index contributed by atoms with van der Waals surface area (Å²) in [5.74, 6) is -0.384. The average Bonchev–Trinajstić information content (AvgIpc) is 3.24. The highest BCUT2D eigenvalue weighted by Gasteiger charge is 2.66. The van der Waals surface area contributed by atoms with Crippen molar-refractivity contribution in [2.45, 2.75) is 16.2 Å². The zero-order chi connectivity index (χ0) is 18.2. The molecule has 130 valence electrons. The van der Waals surface area contributed by atoms with Crippen molar-refractivity contribution in [3.05, 3.63) is 78.0 Å². The van der Waals surface area contributed by atoms with Gasteiger partial charge in [-0.25, -0.2) is 10.4 Å². The van der Waals surface area contributed by atoms with E-state index in [1.807, 2.05) is 60.7 Å². The molecule has 6 heteroatoms. The van der Waals surface area contributed by atoms with Crippen LogP contribution in [0.3, 0.4) is 0 Å². The third kappa shape index (κ3) is 2.96. The number of benzene rings is 2. The van der Waals surface area contributed by atoms with Crippen LogP contribution in [0.4, 0.5) is 0 Å². The predicted molar refractivity (Wildman–Crippen MR) is 105 cm³/mol. The second kappa shape index (κ2) is 6.38. The molecule has 4 nitrogen and oxygen atoms in total. The van der Waals surface area contributed by atoms with Crippen LogP contribution in [0.1, 0.15) is 22.5 Å². The minimum absolute atomic E-state index is 0.299. The number of hydrazone groups is 1. The van der Waals surface area contributed by atoms with Gasteiger partial charge in [-0.3, -0.25) is 4.79 Å². The number of nitrogens with one attached hydrogen (secondary N) is 1. The van der Waals surface area contributed by atoms with E-state index in [1.54, 1.807) is 12.3 Å². The molecular weight excluding hydrogens is 369 g/mol. The van der Waals surface area contributed by atoms with E-state index < -0.39 is 9.75 Å². The average molecular weight is 384 g/mol. The van der Waals surface area contributed by atoms with Crippen LogP contribution in [0.5, 0.6) is 0 Å². The number of halogens is 2. The van der Waals surface area contributed by atoms with Crippen LogP contribution in [0.25, 0.3) is 10.9 Å². The summed E-state index contributed by atoms with van der Waals surface area (Å²) in [6, 6.07) is 20.8. The van der Waals surface area contributed by atoms with Crippen LogP contribution >= 0.6 is 23.2 Å². The van der Waals surface area contributed by atoms with Gasteiger partial charge in [0.25, 0.3) is 5.91 Å². The van der Waals surface area contributed by atoms with Gasteiger partial charge in [-0.15, -0.1) is 23.2 Å². The van der Waals surface area contributed by atoms with Gasteiger partial charge in [-0.1, -0.05) is 54.6 Å². The van der Waals surface area contributed by atoms with Crippen LogP contribution in [0, 0.1) is 0 Å². The predicted octanol–water partition coefficient (Wildman–Crippen LogP) is 4.47. The first-order chi connectivity index (χ1) is 12.5. The largest absolute Gasteiger partial charge is 0.289 e. The maximum atomic E-state index is 12.3. The number of aromatic nitrogens is 1. The zero-order valence-corrected chi connectivity index (χ0v) is 15.2. The Hall–Kier alpha value is -2.43. The lowest BCUT2D eigenvalue weighted by atomic mass is 9.97. The molecule has 4 rings (SSSR count). The molecular formula is C20H15Cl2N3O. The number of amides is 1. The first-order valence-electron chi connectivity index (χ1n) is 8.16. The molecule has 0 radical (unpaired) electrons. The van der Waals surface area contributed by atoms with Crippen molar-refractivity contribution < 1.29 is 4.79 Å². The second-order valence-electron chi connectivity index (χ2n) is 6.31. The molecule has 1 aliphatic rings. The molecule has 1 atom stereocenters. The molecule has 26 heavy (non-hydrogen) atoms. The van der Waals surface area contributed by atoms with Crippen LogP contribution in [0.15, 0.2) is 71.8 Å². The highest BCUT2D eigenvalue weighted by molar-refractivity contribution is 6.53. The summed E-state index contributed by atoms with van der Waals surface area (Å²) >= 11 is 12.7. The quantitative estimate of drug-likeness (QED) is 0.410. The molecule has 0 saturated heterocycles. The number of alkyl halides is 2. The standard InChI is InChI=1S/C20H15Cl2N3O/c21-20(22)12-19(20,15-7-2-1-3-8-15)13-23-25-18(26)17-11-10-14-6-4-5-9-16(14)24-17/h1-11,13H,12H2,(H,25,26). The van der Waals surface area contributed by atoms with Crippen molar-refractivity contribution in [1.29, 1.82) is 0 Å². The van der Waals surface area contributed by atoms with Gasteiger partial charge < -0.3 is 0 Å². The van der Waals surface area contributed by atoms with Gasteiger partial charge in [-0.2, -0.15) is 5.10 Å². The van der Waals surface area contributed by atoms with Gasteiger partial charge in [0.1, 0.15) is 10.0 Å². The summed E-state index contributed by atoms with van der Waals surface area (Å²) in [6.07, 6.45) is 2.15. The Morgan fingerprint density at radius 1 is 1.04 bits per heavy atom. The SMILES string of the molecule is O=C(NN=CC1(c2ccccc2)CC1(Cl)Cl)c1ccc2ccccc2n1. The van der Waals surface area contributed by atoms with E-state index in [9.17, 15) is 4.79 Å². The fourth-order valence-corrected chi connectivity index (χ4v) is 3.76. The zero-order valence-electron chi connectivity index (χ0n) is 13.7. The number of pyridine rings is 1. The number of carbonyl (C=O) groups is 1. The molecule has 0 bridgehead atoms. The molecule has 3 aromatic rings. The van der Waals surface area contributed by atoms with Gasteiger partial charge in [0.15, 0.2) is 0 Å². The molecule has 0 aliphatic heterocycles. The third-order valence-electron chi connectivity index (χ3n) is 4.60. The van der Waals surface area contributed by atoms with E-state index in [0.29, 0.717) is 12.1 Å². The van der Waals surface area contributed by atoms with Crippen molar-refractivity contribution in [3.63, 3.8) is 0 Å². The lowest BCUT2D eigenvalue weighted by molar-refractivity contribution is 0.0950. The molecule has 1 fully saturated rings. The maximum Gasteiger partial charge on any atom is 0.289 e. The Morgan fingerprint density at radius 2 is 1.73 bits per heavy atom. The number of carbonyl (C=O) groups excluding carboxylic acids is 1. The van der Waals surface area contributed by atoms with Gasteiger partial charge in [-0.05, 0) is 24.1 Å². The van der Waals surface area contributed by atoms with Crippen molar-refractivity contribution in [2.24, 2.45) is 5.10 Å². The minimum Gasteiger partial charge on any atom is -0.266 e. The van der Waals surface area contributed by atoms with Crippen LogP contribution in [-0.2, 0) is 5.41 Å². The number of nitrogens with zero attached hydrogens (tertiary/aromatic N) is 2. The van der Waals surface area contributed by atoms with E-state index in [0.717, 1.165) is 16.5 Å². The Morgan fingerprint density at radius 3 is 2.46 bits per heavy atom. The maximum absolute atomic E-state index is 12.3. The number of fused-ring (bicyclic) bond motifs is 1. The van der Waals surface area contributed by atoms with Gasteiger partial charge in [0.05, 0.1) is 10.9 Å². The molecule has 1 heterocycles. The molecule has 1 unspecified atom stereocenters. The van der Waals surface area contributed by atoms with Crippen LogP contribution in [-0.4, -0.2) is 21.4 Å². The number of hydrogen-bond donors (Lipinski definition) is 1. The Bertz CT molecular complexity index is 1000. The molecule has 2 aromatic carbocycles. The molecule has 0 spiro atoms. The minimum atomic E-state index is -0.927. The van der Waals surface area contributed by atoms with E-state index in [4.69, 9.17) is 23.2 Å². The summed E-state index contributed by atoms with van der Waals surface area (Å²) in [4.78, 5) is 16.7. The fraction of sp³-hybridized carbons (Fsp3) is 0.150. The molecule has 1 saturated carbocycles. The molecule has 1 amide bonds. The van der Waals surface area contributed by atoms with E-state index in [-0.39, 0.29) is 5.91 Å². The number of hydrogen-bond acceptors (Lipinski definition) is 3. The highest BCUT2D eigenvalue weighted by Crippen LogP contribution is 2.63. The first-order valence-corrected chi connectivity index (χ1v) is 8.91. The van der Waals surface area contributed by atoms with Crippen LogP contribution < -0.4 is 5.43 Å². The van der Waals surface area contributed by atoms with Gasteiger partial charge >= 0.3 is 0 Å². The number of para-hydroxylation sites is 1. The molecule has 1 aromatic heterocycles. The smallest absolute Gasteiger partial charge is 0.266 e. The van der Waals surface area contributed by atoms with Gasteiger partial charge in [0, 0.05) is 11.6 Å². The summed E-state index contributed by atoms with van der Waals surface area (Å²) in [6.45, 7) is 0. The fourth-order valence-electron chi connectivity index (χ4n) is 3.02. The summed E-state index contributed by atoms with van der Waals surface area (Å²) in [7, 11) is 0. The van der Waals surface area contributed by atoms with Gasteiger partial charge in [0.2, 0.25) is 0 Å². The van der Waals surface area contributed by atoms with Crippen LogP contribution in [0.2, 0.25) is 0 Å². The summed E-state index contributed by atoms with van der Waals surface area (Å²) in [5, 5.41) is 5.08. The lowest BCUT2D eigenvalue weighted by Gasteiger charge is -2.13. The number of rotatable bonds is 4. The Balaban J connectivity index is 1.53. The van der Waals surface area contributed by atoms with Crippen molar-refractivity contribution in [3.8, 4) is 0 Å². The van der Waals surface area contributed by atoms with Crippen molar-refractivity contribution in [1.82, 2.24) is 10.4 Å². The monoisotopic (exact) mass is 383 g/mol. The topological polar surface area (TPSA) is 54.4 Å². The summed E-state index contributed by atoms with van der Waals surface area (Å²) in [5.41, 5.74) is 3.94. The van der Waals surface area contributed by atoms with E-state index in [2.05, 4.69) is 15.5 Å². The second-order valence-corrected chi connectivity index (χ2v) is 7.79. The van der Waals surface area contributed by atoms with E-state index >= 15 is 0 Å². The Kier molecular flexibility index (Phi) is 4.17. The van der Waals surface area contributed by atoms with E-state index in [1.165, 1.54) is 0 Å². The Labute approximate surface area is 160 Å². The van der Waals surface area contributed by atoms with Crippen molar-refractivity contribution in [2.75, 3.05) is 0 Å².